The lowest BCUT2D eigenvalue weighted by molar-refractivity contribution is 0.0139. The molecular weight excluding hydrogens is 542 g/mol. The van der Waals surface area contributed by atoms with E-state index in [0.717, 1.165) is 42.1 Å². The van der Waals surface area contributed by atoms with Gasteiger partial charge in [0.25, 0.3) is 5.91 Å². The second kappa shape index (κ2) is 13.0. The highest BCUT2D eigenvalue weighted by Crippen LogP contribution is 2.35. The van der Waals surface area contributed by atoms with Crippen LogP contribution >= 0.6 is 0 Å². The molecule has 2 aromatic carbocycles. The lowest BCUT2D eigenvalue weighted by Crippen LogP contribution is -2.49. The van der Waals surface area contributed by atoms with Crippen molar-refractivity contribution in [3.8, 4) is 0 Å². The van der Waals surface area contributed by atoms with Crippen LogP contribution < -0.4 is 10.2 Å². The fourth-order valence-electron chi connectivity index (χ4n) is 4.82. The molecule has 2 amide bonds. The number of carbonyl (C=O) groups excluding carboxylic acids is 2. The summed E-state index contributed by atoms with van der Waals surface area (Å²) in [5.41, 5.74) is 4.46. The highest BCUT2D eigenvalue weighted by molar-refractivity contribution is 6.04. The smallest absolute Gasteiger partial charge is 0.410 e. The van der Waals surface area contributed by atoms with E-state index in [9.17, 15) is 9.59 Å². The summed E-state index contributed by atoms with van der Waals surface area (Å²) in [6.07, 6.45) is 6.60. The molecule has 1 aliphatic rings. The van der Waals surface area contributed by atoms with Crippen molar-refractivity contribution in [1.29, 1.82) is 0 Å². The molecule has 1 saturated heterocycles. The molecule has 0 atom stereocenters. The molecule has 0 saturated carbocycles. The monoisotopic (exact) mass is 579 g/mol. The standard InChI is InChI=1S/C33H37N7O3/c1-24-8-13-27(21-29(24)40(28-7-5-14-34-22-28)31-35-15-6-16-36-31)37-30(41)26-11-9-25(10-12-26)23-38-17-19-39(20-18-38)32(42)43-33(2,3)4/h5-16,21-22H,17-20,23H2,1-4H3,(H,37,41). The number of ether oxygens (including phenoxy) is 1. The molecular formula is C33H37N7O3. The van der Waals surface area contributed by atoms with Crippen molar-refractivity contribution in [2.75, 3.05) is 36.4 Å². The van der Waals surface area contributed by atoms with Gasteiger partial charge in [-0.2, -0.15) is 0 Å². The largest absolute Gasteiger partial charge is 0.444 e. The van der Waals surface area contributed by atoms with Gasteiger partial charge in [-0.3, -0.25) is 19.6 Å². The van der Waals surface area contributed by atoms with Crippen LogP contribution in [0.1, 0.15) is 42.3 Å². The number of rotatable bonds is 7. The van der Waals surface area contributed by atoms with Gasteiger partial charge in [-0.05, 0) is 81.3 Å². The van der Waals surface area contributed by atoms with Crippen molar-refractivity contribution in [3.05, 3.63) is 102 Å². The first-order chi connectivity index (χ1) is 20.7. The Morgan fingerprint density at radius 2 is 1.65 bits per heavy atom. The van der Waals surface area contributed by atoms with Crippen molar-refractivity contribution in [2.24, 2.45) is 0 Å². The quantitative estimate of drug-likeness (QED) is 0.286. The third-order valence-corrected chi connectivity index (χ3v) is 7.01. The van der Waals surface area contributed by atoms with Gasteiger partial charge in [0.2, 0.25) is 5.95 Å². The number of nitrogens with zero attached hydrogens (tertiary/aromatic N) is 6. The molecule has 10 nitrogen and oxygen atoms in total. The number of aromatic nitrogens is 3. The number of hydrogen-bond acceptors (Lipinski definition) is 8. The van der Waals surface area contributed by atoms with Crippen molar-refractivity contribution in [2.45, 2.75) is 39.8 Å². The van der Waals surface area contributed by atoms with Crippen LogP contribution in [0.2, 0.25) is 0 Å². The zero-order chi connectivity index (χ0) is 30.4. The summed E-state index contributed by atoms with van der Waals surface area (Å²) in [7, 11) is 0. The van der Waals surface area contributed by atoms with E-state index in [4.69, 9.17) is 4.74 Å². The van der Waals surface area contributed by atoms with Crippen LogP contribution in [0.4, 0.5) is 27.8 Å². The lowest BCUT2D eigenvalue weighted by Gasteiger charge is -2.35. The summed E-state index contributed by atoms with van der Waals surface area (Å²) in [6.45, 7) is 11.2. The molecule has 0 aliphatic carbocycles. The van der Waals surface area contributed by atoms with E-state index < -0.39 is 5.60 Å². The van der Waals surface area contributed by atoms with E-state index in [-0.39, 0.29) is 12.0 Å². The molecule has 222 valence electrons. The Kier molecular flexibility index (Phi) is 8.96. The van der Waals surface area contributed by atoms with Gasteiger partial charge in [0.05, 0.1) is 17.6 Å². The van der Waals surface area contributed by atoms with Gasteiger partial charge in [0, 0.05) is 62.6 Å². The maximum absolute atomic E-state index is 13.2. The first kappa shape index (κ1) is 29.7. The second-order valence-corrected chi connectivity index (χ2v) is 11.5. The Balaban J connectivity index is 1.23. The van der Waals surface area contributed by atoms with Crippen molar-refractivity contribution < 1.29 is 14.3 Å². The van der Waals surface area contributed by atoms with Crippen LogP contribution in [-0.4, -0.2) is 68.5 Å². The maximum atomic E-state index is 13.2. The second-order valence-electron chi connectivity index (χ2n) is 11.5. The average molecular weight is 580 g/mol. The number of anilines is 4. The van der Waals surface area contributed by atoms with Crippen LogP contribution in [0.15, 0.2) is 85.5 Å². The predicted octanol–water partition coefficient (Wildman–Crippen LogP) is 5.95. The fourth-order valence-corrected chi connectivity index (χ4v) is 4.82. The summed E-state index contributed by atoms with van der Waals surface area (Å²) < 4.78 is 5.49. The van der Waals surface area contributed by atoms with Gasteiger partial charge in [-0.15, -0.1) is 0 Å². The summed E-state index contributed by atoms with van der Waals surface area (Å²) in [5, 5.41) is 3.03. The zero-order valence-electron chi connectivity index (χ0n) is 25.0. The normalized spacial score (nSPS) is 13.8. The molecule has 10 heteroatoms. The number of pyridine rings is 1. The van der Waals surface area contributed by atoms with Crippen molar-refractivity contribution in [1.82, 2.24) is 24.8 Å². The third-order valence-electron chi connectivity index (χ3n) is 7.01. The van der Waals surface area contributed by atoms with E-state index in [1.54, 1.807) is 35.8 Å². The summed E-state index contributed by atoms with van der Waals surface area (Å²) in [6, 6.07) is 19.0. The number of aryl methyl sites for hydroxylation is 1. The molecule has 3 heterocycles. The molecule has 0 spiro atoms. The van der Waals surface area contributed by atoms with Gasteiger partial charge >= 0.3 is 6.09 Å². The molecule has 2 aromatic heterocycles. The molecule has 43 heavy (non-hydrogen) atoms. The number of hydrogen-bond donors (Lipinski definition) is 1. The minimum absolute atomic E-state index is 0.198. The number of piperazine rings is 1. The average Bonchev–Trinajstić information content (AvgIpc) is 3.00. The first-order valence-electron chi connectivity index (χ1n) is 14.3. The fraction of sp³-hybridized carbons (Fsp3) is 0.303. The Morgan fingerprint density at radius 1 is 0.930 bits per heavy atom. The van der Waals surface area contributed by atoms with Gasteiger partial charge in [-0.1, -0.05) is 18.2 Å². The number of nitrogens with one attached hydrogen (secondary N) is 1. The summed E-state index contributed by atoms with van der Waals surface area (Å²) >= 11 is 0. The number of amides is 2. The lowest BCUT2D eigenvalue weighted by atomic mass is 10.1. The van der Waals surface area contributed by atoms with Crippen LogP contribution in [-0.2, 0) is 11.3 Å². The maximum Gasteiger partial charge on any atom is 0.410 e. The van der Waals surface area contributed by atoms with Gasteiger partial charge < -0.3 is 15.0 Å². The predicted molar refractivity (Wildman–Crippen MR) is 167 cm³/mol. The van der Waals surface area contributed by atoms with E-state index >= 15 is 0 Å². The molecule has 0 radical (unpaired) electrons. The number of carbonyl (C=O) groups is 2. The third kappa shape index (κ3) is 7.72. The van der Waals surface area contributed by atoms with E-state index in [0.29, 0.717) is 30.3 Å². The van der Waals surface area contributed by atoms with Crippen LogP contribution in [0.25, 0.3) is 0 Å². The Hall–Kier alpha value is -4.83. The molecule has 0 unspecified atom stereocenters. The molecule has 5 rings (SSSR count). The molecule has 1 fully saturated rings. The zero-order valence-corrected chi connectivity index (χ0v) is 25.0. The summed E-state index contributed by atoms with van der Waals surface area (Å²) in [5.74, 6) is 0.306. The van der Waals surface area contributed by atoms with Crippen molar-refractivity contribution in [3.63, 3.8) is 0 Å². The minimum Gasteiger partial charge on any atom is -0.444 e. The summed E-state index contributed by atoms with van der Waals surface area (Å²) in [4.78, 5) is 44.7. The van der Waals surface area contributed by atoms with Crippen LogP contribution in [0.5, 0.6) is 0 Å². The van der Waals surface area contributed by atoms with E-state index in [2.05, 4.69) is 25.2 Å². The first-order valence-corrected chi connectivity index (χ1v) is 14.3. The van der Waals surface area contributed by atoms with Gasteiger partial charge in [0.15, 0.2) is 0 Å². The van der Waals surface area contributed by atoms with Crippen molar-refractivity contribution >= 4 is 35.0 Å². The van der Waals surface area contributed by atoms with Gasteiger partial charge in [0.1, 0.15) is 5.60 Å². The number of benzene rings is 2. The highest BCUT2D eigenvalue weighted by Gasteiger charge is 2.26. The Labute approximate surface area is 252 Å². The molecule has 0 bridgehead atoms. The Morgan fingerprint density at radius 3 is 2.30 bits per heavy atom. The molecule has 1 aliphatic heterocycles. The van der Waals surface area contributed by atoms with Crippen LogP contribution in [0.3, 0.4) is 0 Å². The van der Waals surface area contributed by atoms with E-state index in [1.807, 2.05) is 87.2 Å². The molecule has 1 N–H and O–H groups in total. The Bertz CT molecular complexity index is 1490. The topological polar surface area (TPSA) is 104 Å². The van der Waals surface area contributed by atoms with E-state index in [1.165, 1.54) is 0 Å². The SMILES string of the molecule is Cc1ccc(NC(=O)c2ccc(CN3CCN(C(=O)OC(C)(C)C)CC3)cc2)cc1N(c1cccnc1)c1ncccn1. The van der Waals surface area contributed by atoms with Gasteiger partial charge in [-0.25, -0.2) is 14.8 Å². The highest BCUT2D eigenvalue weighted by atomic mass is 16.6. The molecule has 4 aromatic rings. The van der Waals surface area contributed by atoms with Crippen LogP contribution in [0, 0.1) is 6.92 Å². The minimum atomic E-state index is -0.499.